The van der Waals surface area contributed by atoms with E-state index < -0.39 is 15.3 Å². The second-order valence-corrected chi connectivity index (χ2v) is 7.16. The van der Waals surface area contributed by atoms with Crippen LogP contribution < -0.4 is 10.0 Å². The first-order valence-corrected chi connectivity index (χ1v) is 8.51. The molecule has 0 aliphatic carbocycles. The zero-order chi connectivity index (χ0) is 14.1. The van der Waals surface area contributed by atoms with E-state index in [9.17, 15) is 8.42 Å². The van der Waals surface area contributed by atoms with Crippen LogP contribution in [0.25, 0.3) is 0 Å². The quantitative estimate of drug-likeness (QED) is 0.568. The lowest BCUT2D eigenvalue weighted by atomic mass is 10.3. The predicted octanol–water partition coefficient (Wildman–Crippen LogP) is -0.374. The van der Waals surface area contributed by atoms with Gasteiger partial charge in [-0.15, -0.1) is 0 Å². The molecular formula is C12H27N3O3S. The largest absolute Gasteiger partial charge is 0.385 e. The van der Waals surface area contributed by atoms with Gasteiger partial charge in [-0.25, -0.2) is 13.1 Å². The summed E-state index contributed by atoms with van der Waals surface area (Å²) >= 11 is 0. The highest BCUT2D eigenvalue weighted by Gasteiger charge is 2.19. The Morgan fingerprint density at radius 1 is 1.37 bits per heavy atom. The van der Waals surface area contributed by atoms with Crippen LogP contribution >= 0.6 is 0 Å². The van der Waals surface area contributed by atoms with Gasteiger partial charge < -0.3 is 15.0 Å². The fourth-order valence-electron chi connectivity index (χ4n) is 2.03. The van der Waals surface area contributed by atoms with Crippen molar-refractivity contribution in [3.63, 3.8) is 0 Å². The number of nitrogens with zero attached hydrogens (tertiary/aromatic N) is 1. The van der Waals surface area contributed by atoms with Gasteiger partial charge in [0.2, 0.25) is 10.0 Å². The third kappa shape index (κ3) is 6.67. The minimum atomic E-state index is -3.20. The molecule has 0 aromatic heterocycles. The molecule has 1 rings (SSSR count). The number of methoxy groups -OCH3 is 1. The maximum absolute atomic E-state index is 11.9. The normalized spacial score (nSPS) is 19.5. The molecule has 0 spiro atoms. The van der Waals surface area contributed by atoms with Gasteiger partial charge in [0.25, 0.3) is 0 Å². The van der Waals surface area contributed by atoms with Crippen molar-refractivity contribution in [1.82, 2.24) is 14.9 Å². The Bertz CT molecular complexity index is 329. The smallest absolute Gasteiger partial charge is 0.214 e. The van der Waals surface area contributed by atoms with Gasteiger partial charge in [0, 0.05) is 46.4 Å². The second-order valence-electron chi connectivity index (χ2n) is 4.98. The second kappa shape index (κ2) is 8.86. The number of hydrogen-bond donors (Lipinski definition) is 2. The summed E-state index contributed by atoms with van der Waals surface area (Å²) in [6.07, 6.45) is 1.39. The summed E-state index contributed by atoms with van der Waals surface area (Å²) in [5.74, 6) is 0. The van der Waals surface area contributed by atoms with Crippen molar-refractivity contribution >= 4 is 10.0 Å². The molecular weight excluding hydrogens is 266 g/mol. The highest BCUT2D eigenvalue weighted by molar-refractivity contribution is 7.90. The first-order chi connectivity index (χ1) is 9.06. The Morgan fingerprint density at radius 3 is 2.68 bits per heavy atom. The minimum Gasteiger partial charge on any atom is -0.385 e. The van der Waals surface area contributed by atoms with Crippen molar-refractivity contribution in [3.8, 4) is 0 Å². The average Bonchev–Trinajstić information content (AvgIpc) is 2.42. The molecule has 1 saturated heterocycles. The van der Waals surface area contributed by atoms with Gasteiger partial charge in [0.1, 0.15) is 0 Å². The number of piperazine rings is 1. The molecule has 0 unspecified atom stereocenters. The van der Waals surface area contributed by atoms with Crippen LogP contribution in [0.2, 0.25) is 0 Å². The molecule has 0 bridgehead atoms. The SMILES string of the molecule is COCC[C@H](C)S(=O)(=O)NCCCN1CCNCC1. The Balaban J connectivity index is 2.16. The summed E-state index contributed by atoms with van der Waals surface area (Å²) in [4.78, 5) is 2.36. The van der Waals surface area contributed by atoms with Gasteiger partial charge in [0.05, 0.1) is 5.25 Å². The molecule has 1 aliphatic rings. The first-order valence-electron chi connectivity index (χ1n) is 6.97. The van der Waals surface area contributed by atoms with Gasteiger partial charge in [-0.05, 0) is 26.3 Å². The zero-order valence-corrected chi connectivity index (χ0v) is 12.8. The zero-order valence-electron chi connectivity index (χ0n) is 12.0. The molecule has 0 amide bonds. The maximum atomic E-state index is 11.9. The molecule has 7 heteroatoms. The molecule has 0 aromatic rings. The minimum absolute atomic E-state index is 0.397. The number of ether oxygens (including phenoxy) is 1. The van der Waals surface area contributed by atoms with Gasteiger partial charge in [0.15, 0.2) is 0 Å². The van der Waals surface area contributed by atoms with Crippen molar-refractivity contribution < 1.29 is 13.2 Å². The van der Waals surface area contributed by atoms with E-state index in [1.807, 2.05) is 0 Å². The van der Waals surface area contributed by atoms with E-state index in [1.165, 1.54) is 0 Å². The summed E-state index contributed by atoms with van der Waals surface area (Å²) in [6, 6.07) is 0. The Morgan fingerprint density at radius 2 is 2.05 bits per heavy atom. The third-order valence-electron chi connectivity index (χ3n) is 3.42. The van der Waals surface area contributed by atoms with Crippen molar-refractivity contribution in [2.75, 3.05) is 53.0 Å². The summed E-state index contributed by atoms with van der Waals surface area (Å²) in [5, 5.41) is 2.90. The standard InChI is InChI=1S/C12H27N3O3S/c1-12(4-11-18-2)19(16,17)14-5-3-8-15-9-6-13-7-10-15/h12-14H,3-11H2,1-2H3/t12-/m0/s1. The maximum Gasteiger partial charge on any atom is 0.214 e. The summed E-state index contributed by atoms with van der Waals surface area (Å²) in [7, 11) is -1.61. The van der Waals surface area contributed by atoms with E-state index >= 15 is 0 Å². The topological polar surface area (TPSA) is 70.7 Å². The van der Waals surface area contributed by atoms with Crippen LogP contribution in [-0.4, -0.2) is 71.6 Å². The average molecular weight is 293 g/mol. The van der Waals surface area contributed by atoms with Gasteiger partial charge >= 0.3 is 0 Å². The molecule has 114 valence electrons. The molecule has 0 saturated carbocycles. The lowest BCUT2D eigenvalue weighted by molar-refractivity contribution is 0.194. The van der Waals surface area contributed by atoms with Crippen LogP contribution in [0.4, 0.5) is 0 Å². The van der Waals surface area contributed by atoms with Crippen LogP contribution in [0, 0.1) is 0 Å². The van der Waals surface area contributed by atoms with Gasteiger partial charge in [-0.3, -0.25) is 0 Å². The highest BCUT2D eigenvalue weighted by Crippen LogP contribution is 2.04. The van der Waals surface area contributed by atoms with Gasteiger partial charge in [-0.1, -0.05) is 0 Å². The van der Waals surface area contributed by atoms with E-state index in [1.54, 1.807) is 14.0 Å². The van der Waals surface area contributed by atoms with E-state index in [-0.39, 0.29) is 0 Å². The number of hydrogen-bond acceptors (Lipinski definition) is 5. The van der Waals surface area contributed by atoms with Crippen LogP contribution in [-0.2, 0) is 14.8 Å². The molecule has 1 atom stereocenters. The van der Waals surface area contributed by atoms with E-state index in [0.29, 0.717) is 19.6 Å². The summed E-state index contributed by atoms with van der Waals surface area (Å²) in [6.45, 7) is 7.83. The highest BCUT2D eigenvalue weighted by atomic mass is 32.2. The monoisotopic (exact) mass is 293 g/mol. The molecule has 0 aromatic carbocycles. The number of rotatable bonds is 9. The van der Waals surface area contributed by atoms with Gasteiger partial charge in [-0.2, -0.15) is 0 Å². The predicted molar refractivity (Wildman–Crippen MR) is 76.8 cm³/mol. The van der Waals surface area contributed by atoms with Crippen LogP contribution in [0.15, 0.2) is 0 Å². The van der Waals surface area contributed by atoms with E-state index in [0.717, 1.165) is 39.1 Å². The molecule has 1 aliphatic heterocycles. The van der Waals surface area contributed by atoms with Crippen LogP contribution in [0.3, 0.4) is 0 Å². The number of sulfonamides is 1. The number of nitrogens with one attached hydrogen (secondary N) is 2. The molecule has 2 N–H and O–H groups in total. The summed E-state index contributed by atoms with van der Waals surface area (Å²) < 4.78 is 31.4. The molecule has 1 fully saturated rings. The Kier molecular flexibility index (Phi) is 7.86. The van der Waals surface area contributed by atoms with Crippen LogP contribution in [0.1, 0.15) is 19.8 Å². The van der Waals surface area contributed by atoms with E-state index in [2.05, 4.69) is 14.9 Å². The summed E-state index contributed by atoms with van der Waals surface area (Å²) in [5.41, 5.74) is 0. The van der Waals surface area contributed by atoms with Crippen molar-refractivity contribution in [2.24, 2.45) is 0 Å². The lowest BCUT2D eigenvalue weighted by Gasteiger charge is -2.27. The Labute approximate surface area is 116 Å². The van der Waals surface area contributed by atoms with Crippen molar-refractivity contribution in [1.29, 1.82) is 0 Å². The fraction of sp³-hybridized carbons (Fsp3) is 1.00. The van der Waals surface area contributed by atoms with E-state index in [4.69, 9.17) is 4.74 Å². The van der Waals surface area contributed by atoms with Crippen LogP contribution in [0.5, 0.6) is 0 Å². The molecule has 6 nitrogen and oxygen atoms in total. The fourth-order valence-corrected chi connectivity index (χ4v) is 3.15. The first kappa shape index (κ1) is 16.8. The third-order valence-corrected chi connectivity index (χ3v) is 5.32. The van der Waals surface area contributed by atoms with Crippen molar-refractivity contribution in [2.45, 2.75) is 25.0 Å². The molecule has 19 heavy (non-hydrogen) atoms. The Hall–Kier alpha value is -0.210. The lowest BCUT2D eigenvalue weighted by Crippen LogP contribution is -2.44. The molecule has 1 heterocycles. The molecule has 0 radical (unpaired) electrons. The van der Waals surface area contributed by atoms with Crippen molar-refractivity contribution in [3.05, 3.63) is 0 Å².